The Kier molecular flexibility index (Phi) is 5.89. The highest BCUT2D eigenvalue weighted by atomic mass is 19.1. The fraction of sp³-hybridized carbons (Fsp3) is 0.385. The molecule has 1 unspecified atom stereocenters. The summed E-state index contributed by atoms with van der Waals surface area (Å²) in [4.78, 5) is 22.3. The lowest BCUT2D eigenvalue weighted by Crippen LogP contribution is -2.45. The molecule has 0 aliphatic rings. The third kappa shape index (κ3) is 4.83. The molecule has 2 amide bonds. The van der Waals surface area contributed by atoms with Crippen LogP contribution in [0.25, 0.3) is 0 Å². The van der Waals surface area contributed by atoms with E-state index in [4.69, 9.17) is 5.11 Å². The quantitative estimate of drug-likeness (QED) is 0.748. The van der Waals surface area contributed by atoms with Crippen LogP contribution >= 0.6 is 0 Å². The molecular weight excluding hydrogens is 270 g/mol. The van der Waals surface area contributed by atoms with E-state index in [0.29, 0.717) is 6.42 Å². The second kappa shape index (κ2) is 7.42. The number of aliphatic carboxylic acids is 1. The van der Waals surface area contributed by atoms with Gasteiger partial charge < -0.3 is 15.7 Å². The summed E-state index contributed by atoms with van der Waals surface area (Å²) in [5.74, 6) is -2.40. The Labute approximate surface area is 115 Å². The highest BCUT2D eigenvalue weighted by molar-refractivity contribution is 5.82. The topological polar surface area (TPSA) is 78.4 Å². The van der Waals surface area contributed by atoms with Crippen LogP contribution in [0.1, 0.15) is 25.3 Å². The van der Waals surface area contributed by atoms with Crippen molar-refractivity contribution in [2.45, 2.75) is 32.4 Å². The van der Waals surface area contributed by atoms with Crippen LogP contribution in [-0.2, 0) is 11.3 Å². The van der Waals surface area contributed by atoms with Crippen molar-refractivity contribution in [3.05, 3.63) is 35.4 Å². The molecule has 0 heterocycles. The van der Waals surface area contributed by atoms with E-state index >= 15 is 0 Å². The maximum Gasteiger partial charge on any atom is 0.326 e. The molecule has 0 radical (unpaired) electrons. The Morgan fingerprint density at radius 1 is 1.35 bits per heavy atom. The summed E-state index contributed by atoms with van der Waals surface area (Å²) >= 11 is 0. The second-order valence-corrected chi connectivity index (χ2v) is 4.24. The molecule has 1 aromatic carbocycles. The number of carbonyl (C=O) groups excluding carboxylic acids is 1. The van der Waals surface area contributed by atoms with Gasteiger partial charge in [0.25, 0.3) is 0 Å². The van der Waals surface area contributed by atoms with E-state index in [9.17, 15) is 18.4 Å². The van der Waals surface area contributed by atoms with Crippen molar-refractivity contribution < 1.29 is 23.5 Å². The number of hydrogen-bond acceptors (Lipinski definition) is 2. The van der Waals surface area contributed by atoms with Crippen molar-refractivity contribution in [2.75, 3.05) is 0 Å². The van der Waals surface area contributed by atoms with E-state index in [-0.39, 0.29) is 18.5 Å². The Hall–Kier alpha value is -2.18. The third-order valence-corrected chi connectivity index (χ3v) is 2.63. The number of hydrogen-bond donors (Lipinski definition) is 3. The summed E-state index contributed by atoms with van der Waals surface area (Å²) in [6, 6.07) is 1.16. The van der Waals surface area contributed by atoms with E-state index in [0.717, 1.165) is 18.2 Å². The molecule has 0 aliphatic carbocycles. The third-order valence-electron chi connectivity index (χ3n) is 2.63. The molecule has 0 spiro atoms. The van der Waals surface area contributed by atoms with Crippen LogP contribution in [0.3, 0.4) is 0 Å². The molecule has 0 aromatic heterocycles. The van der Waals surface area contributed by atoms with Gasteiger partial charge in [0.1, 0.15) is 17.7 Å². The molecule has 20 heavy (non-hydrogen) atoms. The van der Waals surface area contributed by atoms with E-state index in [1.165, 1.54) is 0 Å². The van der Waals surface area contributed by atoms with Crippen LogP contribution in [0.2, 0.25) is 0 Å². The van der Waals surface area contributed by atoms with Gasteiger partial charge in [-0.25, -0.2) is 18.4 Å². The largest absolute Gasteiger partial charge is 0.480 e. The number of carboxylic acids is 1. The van der Waals surface area contributed by atoms with Gasteiger partial charge in [0, 0.05) is 12.1 Å². The summed E-state index contributed by atoms with van der Waals surface area (Å²) in [6.07, 6.45) is 0.882. The van der Waals surface area contributed by atoms with Gasteiger partial charge in [-0.15, -0.1) is 0 Å². The van der Waals surface area contributed by atoms with Crippen LogP contribution < -0.4 is 10.6 Å². The Morgan fingerprint density at radius 3 is 2.65 bits per heavy atom. The SMILES string of the molecule is CCCC(NC(=O)NCc1cc(F)ccc1F)C(=O)O. The molecule has 0 saturated carbocycles. The molecule has 1 atom stereocenters. The summed E-state index contributed by atoms with van der Waals surface area (Å²) in [6.45, 7) is 1.56. The monoisotopic (exact) mass is 286 g/mol. The normalized spacial score (nSPS) is 11.8. The minimum absolute atomic E-state index is 0.0116. The first-order valence-corrected chi connectivity index (χ1v) is 6.15. The van der Waals surface area contributed by atoms with Gasteiger partial charge in [-0.2, -0.15) is 0 Å². The molecule has 0 aliphatic heterocycles. The van der Waals surface area contributed by atoms with Crippen molar-refractivity contribution in [3.63, 3.8) is 0 Å². The summed E-state index contributed by atoms with van der Waals surface area (Å²) in [7, 11) is 0. The number of nitrogens with one attached hydrogen (secondary N) is 2. The molecule has 5 nitrogen and oxygen atoms in total. The second-order valence-electron chi connectivity index (χ2n) is 4.24. The first-order chi connectivity index (χ1) is 9.43. The molecule has 0 fully saturated rings. The summed E-state index contributed by atoms with van der Waals surface area (Å²) in [5, 5.41) is 13.4. The van der Waals surface area contributed by atoms with Crippen LogP contribution in [0.15, 0.2) is 18.2 Å². The minimum atomic E-state index is -1.14. The van der Waals surface area contributed by atoms with Gasteiger partial charge in [-0.05, 0) is 24.6 Å². The lowest BCUT2D eigenvalue weighted by atomic mass is 10.2. The fourth-order valence-corrected chi connectivity index (χ4v) is 1.61. The van der Waals surface area contributed by atoms with E-state index < -0.39 is 29.7 Å². The molecule has 1 rings (SSSR count). The van der Waals surface area contributed by atoms with Crippen molar-refractivity contribution >= 4 is 12.0 Å². The smallest absolute Gasteiger partial charge is 0.326 e. The highest BCUT2D eigenvalue weighted by Gasteiger charge is 2.18. The van der Waals surface area contributed by atoms with Crippen LogP contribution in [0.5, 0.6) is 0 Å². The average Bonchev–Trinajstić information content (AvgIpc) is 2.39. The maximum atomic E-state index is 13.3. The predicted molar refractivity (Wildman–Crippen MR) is 68.1 cm³/mol. The summed E-state index contributed by atoms with van der Waals surface area (Å²) < 4.78 is 26.2. The van der Waals surface area contributed by atoms with Crippen molar-refractivity contribution in [1.29, 1.82) is 0 Å². The Balaban J connectivity index is 2.54. The molecular formula is C13H16F2N2O3. The van der Waals surface area contributed by atoms with Crippen molar-refractivity contribution in [1.82, 2.24) is 10.6 Å². The van der Waals surface area contributed by atoms with Crippen LogP contribution in [0, 0.1) is 11.6 Å². The Bertz CT molecular complexity index is 495. The molecule has 0 bridgehead atoms. The number of halogens is 2. The van der Waals surface area contributed by atoms with E-state index in [2.05, 4.69) is 10.6 Å². The molecule has 3 N–H and O–H groups in total. The van der Waals surface area contributed by atoms with Crippen LogP contribution in [-0.4, -0.2) is 23.1 Å². The first-order valence-electron chi connectivity index (χ1n) is 6.15. The predicted octanol–water partition coefficient (Wildman–Crippen LogP) is 2.02. The zero-order valence-corrected chi connectivity index (χ0v) is 11.0. The molecule has 7 heteroatoms. The van der Waals surface area contributed by atoms with Gasteiger partial charge in [0.15, 0.2) is 0 Å². The van der Waals surface area contributed by atoms with E-state index in [1.807, 2.05) is 0 Å². The lowest BCUT2D eigenvalue weighted by Gasteiger charge is -2.14. The number of rotatable bonds is 6. The maximum absolute atomic E-state index is 13.3. The molecule has 110 valence electrons. The fourth-order valence-electron chi connectivity index (χ4n) is 1.61. The van der Waals surface area contributed by atoms with Gasteiger partial charge >= 0.3 is 12.0 Å². The lowest BCUT2D eigenvalue weighted by molar-refractivity contribution is -0.139. The molecule has 0 saturated heterocycles. The van der Waals surface area contributed by atoms with Gasteiger partial charge in [0.05, 0.1) is 0 Å². The standard InChI is InChI=1S/C13H16F2N2O3/c1-2-3-11(12(18)19)17-13(20)16-7-8-6-9(14)4-5-10(8)15/h4-6,11H,2-3,7H2,1H3,(H,18,19)(H2,16,17,20). The summed E-state index contributed by atoms with van der Waals surface area (Å²) in [5.41, 5.74) is -0.0116. The highest BCUT2D eigenvalue weighted by Crippen LogP contribution is 2.09. The number of urea groups is 1. The number of carboxylic acid groups (broad SMARTS) is 1. The van der Waals surface area contributed by atoms with Crippen molar-refractivity contribution in [3.8, 4) is 0 Å². The average molecular weight is 286 g/mol. The van der Waals surface area contributed by atoms with Gasteiger partial charge in [-0.1, -0.05) is 13.3 Å². The van der Waals surface area contributed by atoms with Crippen molar-refractivity contribution in [2.24, 2.45) is 0 Å². The zero-order valence-electron chi connectivity index (χ0n) is 11.0. The first kappa shape index (κ1) is 15.9. The van der Waals surface area contributed by atoms with Gasteiger partial charge in [0.2, 0.25) is 0 Å². The number of carbonyl (C=O) groups is 2. The zero-order chi connectivity index (χ0) is 15.1. The van der Waals surface area contributed by atoms with Gasteiger partial charge in [-0.3, -0.25) is 0 Å². The van der Waals surface area contributed by atoms with E-state index in [1.54, 1.807) is 6.92 Å². The minimum Gasteiger partial charge on any atom is -0.480 e. The number of benzene rings is 1. The molecule has 1 aromatic rings. The number of amides is 2. The Morgan fingerprint density at radius 2 is 2.05 bits per heavy atom. The van der Waals surface area contributed by atoms with Crippen LogP contribution in [0.4, 0.5) is 13.6 Å².